The van der Waals surface area contributed by atoms with Gasteiger partial charge >= 0.3 is 0 Å². The monoisotopic (exact) mass is 663 g/mol. The van der Waals surface area contributed by atoms with Crippen LogP contribution >= 0.6 is 27.5 Å². The van der Waals surface area contributed by atoms with Crippen molar-refractivity contribution in [3.63, 3.8) is 0 Å². The van der Waals surface area contributed by atoms with Gasteiger partial charge < -0.3 is 15.0 Å². The fourth-order valence-corrected chi connectivity index (χ4v) is 6.27. The Kier molecular flexibility index (Phi) is 11.2. The molecule has 1 N–H and O–H groups in total. The highest BCUT2D eigenvalue weighted by atomic mass is 79.9. The Balaban J connectivity index is 2.04. The van der Waals surface area contributed by atoms with E-state index >= 15 is 0 Å². The largest absolute Gasteiger partial charge is 0.496 e. The highest BCUT2D eigenvalue weighted by molar-refractivity contribution is 9.10. The van der Waals surface area contributed by atoms with Gasteiger partial charge in [-0.25, -0.2) is 8.42 Å². The number of nitrogens with zero attached hydrogens (tertiary/aromatic N) is 2. The Morgan fingerprint density at radius 2 is 1.66 bits per heavy atom. The zero-order chi connectivity index (χ0) is 30.3. The highest BCUT2D eigenvalue weighted by Crippen LogP contribution is 2.31. The standard InChI is InChI=1S/C30H35BrClN3O5S/c1-6-21(3)33-30(37)22(4)34(18-23-9-11-24(32)12-10-23)29(36)19-35(25-13-7-20(2)8-14-25)41(38,39)26-15-16-28(40-5)27(31)17-26/h7-17,21-22H,6,18-19H2,1-5H3,(H,33,37)/t21-,22+/m1/s1. The molecular weight excluding hydrogens is 630 g/mol. The number of methoxy groups -OCH3 is 1. The quantitative estimate of drug-likeness (QED) is 0.258. The first-order chi connectivity index (χ1) is 19.4. The van der Waals surface area contributed by atoms with Gasteiger partial charge in [0, 0.05) is 17.6 Å². The Labute approximate surface area is 255 Å². The molecule has 0 aliphatic rings. The lowest BCUT2D eigenvalue weighted by Gasteiger charge is -2.32. The van der Waals surface area contributed by atoms with Crippen LogP contribution in [0.1, 0.15) is 38.3 Å². The molecule has 0 heterocycles. The van der Waals surface area contributed by atoms with Gasteiger partial charge in [0.05, 0.1) is 22.2 Å². The molecule has 0 fully saturated rings. The summed E-state index contributed by atoms with van der Waals surface area (Å²) in [4.78, 5) is 28.5. The molecule has 0 radical (unpaired) electrons. The molecule has 11 heteroatoms. The smallest absolute Gasteiger partial charge is 0.264 e. The van der Waals surface area contributed by atoms with E-state index in [1.165, 1.54) is 24.1 Å². The zero-order valence-corrected chi connectivity index (χ0v) is 26.9. The molecule has 0 bridgehead atoms. The van der Waals surface area contributed by atoms with Crippen LogP contribution in [0.15, 0.2) is 76.1 Å². The minimum atomic E-state index is -4.21. The molecule has 3 rings (SSSR count). The van der Waals surface area contributed by atoms with Crippen molar-refractivity contribution in [2.24, 2.45) is 0 Å². The molecule has 0 aromatic heterocycles. The first kappa shape index (κ1) is 32.4. The van der Waals surface area contributed by atoms with E-state index in [2.05, 4.69) is 21.2 Å². The van der Waals surface area contributed by atoms with Crippen molar-refractivity contribution < 1.29 is 22.7 Å². The molecule has 0 aliphatic carbocycles. The predicted molar refractivity (Wildman–Crippen MR) is 166 cm³/mol. The van der Waals surface area contributed by atoms with Gasteiger partial charge in [-0.1, -0.05) is 48.4 Å². The SMILES string of the molecule is CC[C@@H](C)NC(=O)[C@H](C)N(Cc1ccc(Cl)cc1)C(=O)CN(c1ccc(C)cc1)S(=O)(=O)c1ccc(OC)c(Br)c1. The molecule has 0 spiro atoms. The minimum Gasteiger partial charge on any atom is -0.496 e. The number of nitrogens with one attached hydrogen (secondary N) is 1. The van der Waals surface area contributed by atoms with Crippen LogP contribution in [0.2, 0.25) is 5.02 Å². The summed E-state index contributed by atoms with van der Waals surface area (Å²) in [6.07, 6.45) is 0.723. The number of anilines is 1. The van der Waals surface area contributed by atoms with Gasteiger partial charge in [0.25, 0.3) is 10.0 Å². The third-order valence-electron chi connectivity index (χ3n) is 6.75. The Morgan fingerprint density at radius 1 is 1.02 bits per heavy atom. The van der Waals surface area contributed by atoms with E-state index in [0.717, 1.165) is 21.9 Å². The van der Waals surface area contributed by atoms with E-state index in [-0.39, 0.29) is 23.4 Å². The molecule has 41 heavy (non-hydrogen) atoms. The molecule has 0 saturated carbocycles. The number of halogens is 2. The van der Waals surface area contributed by atoms with Crippen LogP contribution < -0.4 is 14.4 Å². The molecule has 2 atom stereocenters. The van der Waals surface area contributed by atoms with Gasteiger partial charge in [0.15, 0.2) is 0 Å². The van der Waals surface area contributed by atoms with Gasteiger partial charge in [-0.2, -0.15) is 0 Å². The number of ether oxygens (including phenoxy) is 1. The zero-order valence-electron chi connectivity index (χ0n) is 23.7. The van der Waals surface area contributed by atoms with Crippen molar-refractivity contribution >= 4 is 55.1 Å². The minimum absolute atomic E-state index is 0.0228. The molecule has 220 valence electrons. The van der Waals surface area contributed by atoms with Crippen LogP contribution in [0, 0.1) is 6.92 Å². The van der Waals surface area contributed by atoms with Gasteiger partial charge in [-0.3, -0.25) is 13.9 Å². The maximum absolute atomic E-state index is 14.0. The number of carbonyl (C=O) groups is 2. The molecule has 0 saturated heterocycles. The summed E-state index contributed by atoms with van der Waals surface area (Å²) >= 11 is 9.41. The fraction of sp³-hybridized carbons (Fsp3) is 0.333. The lowest BCUT2D eigenvalue weighted by atomic mass is 10.1. The molecular formula is C30H35BrClN3O5S. The van der Waals surface area contributed by atoms with E-state index in [0.29, 0.717) is 20.9 Å². The topological polar surface area (TPSA) is 96.0 Å². The van der Waals surface area contributed by atoms with E-state index in [4.69, 9.17) is 16.3 Å². The highest BCUT2D eigenvalue weighted by Gasteiger charge is 2.33. The van der Waals surface area contributed by atoms with Gasteiger partial charge in [-0.15, -0.1) is 0 Å². The van der Waals surface area contributed by atoms with Crippen LogP contribution in [0.25, 0.3) is 0 Å². The Morgan fingerprint density at radius 3 is 2.22 bits per heavy atom. The summed E-state index contributed by atoms with van der Waals surface area (Å²) in [5.41, 5.74) is 2.00. The Bertz CT molecular complexity index is 1470. The van der Waals surface area contributed by atoms with Crippen molar-refractivity contribution in [2.45, 2.75) is 57.6 Å². The molecule has 8 nitrogen and oxygen atoms in total. The average molecular weight is 665 g/mol. The van der Waals surface area contributed by atoms with Gasteiger partial charge in [0.1, 0.15) is 18.3 Å². The van der Waals surface area contributed by atoms with Gasteiger partial charge in [-0.05, 0) is 91.1 Å². The summed E-state index contributed by atoms with van der Waals surface area (Å²) in [6, 6.07) is 17.3. The molecule has 3 aromatic rings. The lowest BCUT2D eigenvalue weighted by molar-refractivity contribution is -0.139. The van der Waals surface area contributed by atoms with Crippen LogP contribution in [0.4, 0.5) is 5.69 Å². The predicted octanol–water partition coefficient (Wildman–Crippen LogP) is 5.95. The number of hydrogen-bond acceptors (Lipinski definition) is 5. The second-order valence-corrected chi connectivity index (χ2v) is 12.9. The van der Waals surface area contributed by atoms with E-state index in [1.54, 1.807) is 61.5 Å². The van der Waals surface area contributed by atoms with Crippen LogP contribution in [-0.2, 0) is 26.2 Å². The van der Waals surface area contributed by atoms with E-state index in [9.17, 15) is 18.0 Å². The molecule has 2 amide bonds. The Hall–Kier alpha value is -3.08. The summed E-state index contributed by atoms with van der Waals surface area (Å²) in [5, 5.41) is 3.46. The maximum atomic E-state index is 14.0. The van der Waals surface area contributed by atoms with Gasteiger partial charge in [0.2, 0.25) is 11.8 Å². The van der Waals surface area contributed by atoms with E-state index < -0.39 is 28.5 Å². The average Bonchev–Trinajstić information content (AvgIpc) is 2.95. The number of carbonyl (C=O) groups excluding carboxylic acids is 2. The van der Waals surface area contributed by atoms with Crippen LogP contribution in [0.3, 0.4) is 0 Å². The van der Waals surface area contributed by atoms with Crippen molar-refractivity contribution in [2.75, 3.05) is 18.0 Å². The molecule has 0 unspecified atom stereocenters. The van der Waals surface area contributed by atoms with Crippen molar-refractivity contribution in [3.05, 3.63) is 87.4 Å². The van der Waals surface area contributed by atoms with Crippen LogP contribution in [0.5, 0.6) is 5.75 Å². The lowest BCUT2D eigenvalue weighted by Crippen LogP contribution is -2.52. The summed E-state index contributed by atoms with van der Waals surface area (Å²) < 4.78 is 34.8. The van der Waals surface area contributed by atoms with Crippen molar-refractivity contribution in [3.8, 4) is 5.75 Å². The second kappa shape index (κ2) is 14.2. The summed E-state index contributed by atoms with van der Waals surface area (Å²) in [5.74, 6) is -0.397. The number of sulfonamides is 1. The van der Waals surface area contributed by atoms with Crippen molar-refractivity contribution in [1.29, 1.82) is 0 Å². The number of aryl methyl sites for hydroxylation is 1. The number of hydrogen-bond donors (Lipinski definition) is 1. The second-order valence-electron chi connectivity index (χ2n) is 9.79. The first-order valence-corrected chi connectivity index (χ1v) is 15.8. The third kappa shape index (κ3) is 8.24. The first-order valence-electron chi connectivity index (χ1n) is 13.1. The summed E-state index contributed by atoms with van der Waals surface area (Å²) in [6.45, 7) is 6.92. The molecule has 0 aliphatic heterocycles. The maximum Gasteiger partial charge on any atom is 0.264 e. The number of amides is 2. The van der Waals surface area contributed by atoms with Crippen molar-refractivity contribution in [1.82, 2.24) is 10.2 Å². The number of rotatable bonds is 12. The third-order valence-corrected chi connectivity index (χ3v) is 9.39. The number of benzene rings is 3. The molecule has 3 aromatic carbocycles. The van der Waals surface area contributed by atoms with Crippen LogP contribution in [-0.4, -0.2) is 50.9 Å². The fourth-order valence-electron chi connectivity index (χ4n) is 4.01. The summed E-state index contributed by atoms with van der Waals surface area (Å²) in [7, 11) is -2.72. The van der Waals surface area contributed by atoms with E-state index in [1.807, 2.05) is 20.8 Å². The normalized spacial score (nSPS) is 12.8.